The SMILES string of the molecule is O=C(NCCc1c[nH]c2ccccc12)[C@H]1[C@H]2C=C[C@@]3(CN(CCc4c[nH]c5ccccc45)C(=O)[C@@H]13)O2. The Hall–Kier alpha value is -3.84. The molecular weight excluding hydrogens is 452 g/mol. The highest BCUT2D eigenvalue weighted by atomic mass is 16.5. The Morgan fingerprint density at radius 1 is 1.00 bits per heavy atom. The minimum absolute atomic E-state index is 0.0264. The Balaban J connectivity index is 1.03. The number of nitrogens with one attached hydrogen (secondary N) is 3. The second-order valence-corrected chi connectivity index (χ2v) is 10.2. The molecule has 0 saturated carbocycles. The van der Waals surface area contributed by atoms with Crippen LogP contribution in [0.1, 0.15) is 11.1 Å². The van der Waals surface area contributed by atoms with Gasteiger partial charge < -0.3 is 24.9 Å². The van der Waals surface area contributed by atoms with Crippen molar-refractivity contribution in [2.75, 3.05) is 19.6 Å². The number of aromatic nitrogens is 2. The summed E-state index contributed by atoms with van der Waals surface area (Å²) in [4.78, 5) is 35.3. The number of hydrogen-bond donors (Lipinski definition) is 3. The van der Waals surface area contributed by atoms with Gasteiger partial charge in [0.2, 0.25) is 11.8 Å². The highest BCUT2D eigenvalue weighted by molar-refractivity contribution is 5.93. The van der Waals surface area contributed by atoms with Gasteiger partial charge in [-0.15, -0.1) is 0 Å². The molecule has 3 aliphatic rings. The number of rotatable bonds is 7. The monoisotopic (exact) mass is 480 g/mol. The lowest BCUT2D eigenvalue weighted by molar-refractivity contribution is -0.137. The summed E-state index contributed by atoms with van der Waals surface area (Å²) < 4.78 is 6.29. The van der Waals surface area contributed by atoms with Gasteiger partial charge in [0.15, 0.2) is 0 Å². The minimum Gasteiger partial charge on any atom is -0.361 e. The molecule has 7 rings (SSSR count). The molecule has 3 aliphatic heterocycles. The summed E-state index contributed by atoms with van der Waals surface area (Å²) in [5.41, 5.74) is 3.88. The van der Waals surface area contributed by atoms with Crippen LogP contribution in [0.15, 0.2) is 73.1 Å². The summed E-state index contributed by atoms with van der Waals surface area (Å²) in [5, 5.41) is 5.45. The quantitative estimate of drug-likeness (QED) is 0.355. The van der Waals surface area contributed by atoms with Crippen LogP contribution in [0.3, 0.4) is 0 Å². The third kappa shape index (κ3) is 3.23. The molecule has 2 aromatic heterocycles. The van der Waals surface area contributed by atoms with Gasteiger partial charge in [-0.1, -0.05) is 48.6 Å². The number of para-hydroxylation sites is 2. The van der Waals surface area contributed by atoms with Crippen LogP contribution < -0.4 is 5.32 Å². The van der Waals surface area contributed by atoms with Gasteiger partial charge in [-0.05, 0) is 36.1 Å². The number of benzene rings is 2. The molecule has 182 valence electrons. The zero-order chi connectivity index (χ0) is 24.3. The number of amides is 2. The fourth-order valence-electron chi connectivity index (χ4n) is 6.44. The lowest BCUT2D eigenvalue weighted by Crippen LogP contribution is -2.44. The summed E-state index contributed by atoms with van der Waals surface area (Å²) >= 11 is 0. The second kappa shape index (κ2) is 8.10. The lowest BCUT2D eigenvalue weighted by Gasteiger charge is -2.23. The molecule has 7 nitrogen and oxygen atoms in total. The van der Waals surface area contributed by atoms with Crippen molar-refractivity contribution in [3.8, 4) is 0 Å². The van der Waals surface area contributed by atoms with Crippen molar-refractivity contribution in [3.05, 3.63) is 84.2 Å². The Bertz CT molecular complexity index is 1520. The van der Waals surface area contributed by atoms with Crippen molar-refractivity contribution in [1.82, 2.24) is 20.2 Å². The molecule has 2 bridgehead atoms. The summed E-state index contributed by atoms with van der Waals surface area (Å²) in [5.74, 6) is -1.01. The summed E-state index contributed by atoms with van der Waals surface area (Å²) in [6, 6.07) is 16.4. The fourth-order valence-corrected chi connectivity index (χ4v) is 6.44. The molecule has 4 aromatic rings. The number of carbonyl (C=O) groups excluding carboxylic acids is 2. The van der Waals surface area contributed by atoms with Gasteiger partial charge in [0.1, 0.15) is 5.60 Å². The molecule has 2 fully saturated rings. The number of fused-ring (bicyclic) bond motifs is 3. The van der Waals surface area contributed by atoms with Gasteiger partial charge in [0.05, 0.1) is 24.5 Å². The van der Waals surface area contributed by atoms with Crippen molar-refractivity contribution in [1.29, 1.82) is 0 Å². The highest BCUT2D eigenvalue weighted by Crippen LogP contribution is 2.51. The van der Waals surface area contributed by atoms with E-state index in [0.29, 0.717) is 19.6 Å². The first-order valence-corrected chi connectivity index (χ1v) is 12.7. The maximum Gasteiger partial charge on any atom is 0.230 e. The van der Waals surface area contributed by atoms with E-state index in [1.807, 2.05) is 59.8 Å². The predicted molar refractivity (Wildman–Crippen MR) is 137 cm³/mol. The van der Waals surface area contributed by atoms with Gasteiger partial charge in [0, 0.05) is 47.3 Å². The number of ether oxygens (including phenoxy) is 1. The molecular formula is C29H28N4O3. The van der Waals surface area contributed by atoms with Crippen LogP contribution in [0, 0.1) is 11.8 Å². The van der Waals surface area contributed by atoms with E-state index in [9.17, 15) is 9.59 Å². The average Bonchev–Trinajstić information content (AvgIpc) is 3.70. The molecule has 0 radical (unpaired) electrons. The van der Waals surface area contributed by atoms with Crippen molar-refractivity contribution in [3.63, 3.8) is 0 Å². The van der Waals surface area contributed by atoms with E-state index in [-0.39, 0.29) is 17.9 Å². The average molecular weight is 481 g/mol. The summed E-state index contributed by atoms with van der Waals surface area (Å²) in [6.45, 7) is 1.63. The van der Waals surface area contributed by atoms with Crippen molar-refractivity contribution < 1.29 is 14.3 Å². The normalized spacial score (nSPS) is 26.4. The number of carbonyl (C=O) groups is 2. The maximum atomic E-state index is 13.5. The third-order valence-electron chi connectivity index (χ3n) is 8.18. The van der Waals surface area contributed by atoms with E-state index in [1.165, 1.54) is 21.9 Å². The lowest BCUT2D eigenvalue weighted by atomic mass is 9.77. The summed E-state index contributed by atoms with van der Waals surface area (Å²) in [7, 11) is 0. The topological polar surface area (TPSA) is 90.2 Å². The van der Waals surface area contributed by atoms with Gasteiger partial charge >= 0.3 is 0 Å². The second-order valence-electron chi connectivity index (χ2n) is 10.2. The van der Waals surface area contributed by atoms with E-state index in [2.05, 4.69) is 33.5 Å². The zero-order valence-corrected chi connectivity index (χ0v) is 19.9. The van der Waals surface area contributed by atoms with Gasteiger partial charge in [-0.3, -0.25) is 9.59 Å². The first-order valence-electron chi connectivity index (χ1n) is 12.7. The maximum absolute atomic E-state index is 13.5. The molecule has 1 spiro atoms. The molecule has 36 heavy (non-hydrogen) atoms. The van der Waals surface area contributed by atoms with Crippen molar-refractivity contribution >= 4 is 33.6 Å². The van der Waals surface area contributed by atoms with E-state index in [0.717, 1.165) is 23.9 Å². The molecule has 7 heteroatoms. The fraction of sp³-hybridized carbons (Fsp3) is 0.310. The number of nitrogens with zero attached hydrogens (tertiary/aromatic N) is 1. The zero-order valence-electron chi connectivity index (χ0n) is 19.9. The molecule has 2 aromatic carbocycles. The standard InChI is InChI=1S/C29H28N4O3/c34-27(30-13-10-18-15-31-22-7-3-1-5-20(18)22)25-24-9-12-29(36-24)17-33(28(35)26(25)29)14-11-19-16-32-23-8-4-2-6-21(19)23/h1-9,12,15-16,24-26,31-32H,10-11,13-14,17H2,(H,30,34)/t24-,25+,26-,29+/m1/s1. The van der Waals surface area contributed by atoms with E-state index in [1.54, 1.807) is 0 Å². The molecule has 2 amide bonds. The highest BCUT2D eigenvalue weighted by Gasteiger charge is 2.66. The Kier molecular flexibility index (Phi) is 4.82. The van der Waals surface area contributed by atoms with Crippen LogP contribution in [0.4, 0.5) is 0 Å². The number of aromatic amines is 2. The van der Waals surface area contributed by atoms with Crippen molar-refractivity contribution in [2.24, 2.45) is 11.8 Å². The van der Waals surface area contributed by atoms with Gasteiger partial charge in [0.25, 0.3) is 0 Å². The Labute approximate surface area is 208 Å². The largest absolute Gasteiger partial charge is 0.361 e. The van der Waals surface area contributed by atoms with Crippen LogP contribution in [-0.4, -0.2) is 58.0 Å². The van der Waals surface area contributed by atoms with E-state index in [4.69, 9.17) is 4.74 Å². The number of hydrogen-bond acceptors (Lipinski definition) is 3. The Morgan fingerprint density at radius 2 is 1.67 bits per heavy atom. The van der Waals surface area contributed by atoms with Gasteiger partial charge in [-0.2, -0.15) is 0 Å². The smallest absolute Gasteiger partial charge is 0.230 e. The summed E-state index contributed by atoms with van der Waals surface area (Å²) in [6.07, 6.45) is 9.16. The van der Waals surface area contributed by atoms with Crippen molar-refractivity contribution in [2.45, 2.75) is 24.5 Å². The van der Waals surface area contributed by atoms with Crippen LogP contribution >= 0.6 is 0 Å². The van der Waals surface area contributed by atoms with Crippen LogP contribution in [0.2, 0.25) is 0 Å². The molecule has 0 unspecified atom stereocenters. The molecule has 2 saturated heterocycles. The number of likely N-dealkylation sites (tertiary alicyclic amines) is 1. The molecule has 3 N–H and O–H groups in total. The minimum atomic E-state index is -0.680. The van der Waals surface area contributed by atoms with E-state index >= 15 is 0 Å². The van der Waals surface area contributed by atoms with Gasteiger partial charge in [-0.25, -0.2) is 0 Å². The Morgan fingerprint density at radius 3 is 2.39 bits per heavy atom. The predicted octanol–water partition coefficient (Wildman–Crippen LogP) is 3.33. The van der Waals surface area contributed by atoms with Crippen LogP contribution in [0.5, 0.6) is 0 Å². The number of H-pyrrole nitrogens is 2. The molecule has 4 atom stereocenters. The first kappa shape index (κ1) is 21.4. The van der Waals surface area contributed by atoms with Crippen LogP contribution in [-0.2, 0) is 27.2 Å². The third-order valence-corrected chi connectivity index (χ3v) is 8.18. The first-order chi connectivity index (χ1) is 17.6. The van der Waals surface area contributed by atoms with Crippen LogP contribution in [0.25, 0.3) is 21.8 Å². The van der Waals surface area contributed by atoms with E-state index < -0.39 is 17.4 Å². The molecule has 0 aliphatic carbocycles. The molecule has 5 heterocycles.